The van der Waals surface area contributed by atoms with E-state index >= 15 is 0 Å². The lowest BCUT2D eigenvalue weighted by Crippen LogP contribution is -1.96. The van der Waals surface area contributed by atoms with Gasteiger partial charge in [0, 0.05) is 15.3 Å². The largest absolute Gasteiger partial charge is 0.481 e. The Morgan fingerprint density at radius 2 is 2.50 bits per heavy atom. The van der Waals surface area contributed by atoms with Gasteiger partial charge in [-0.25, -0.2) is 4.98 Å². The molecule has 1 rings (SSSR count). The Balaban J connectivity index is 3.10. The fourth-order valence-electron chi connectivity index (χ4n) is 0.956. The highest BCUT2D eigenvalue weighted by atomic mass is 127. The molecule has 0 amide bonds. The summed E-state index contributed by atoms with van der Waals surface area (Å²) in [5.41, 5.74) is 1.11. The fourth-order valence-corrected chi connectivity index (χ4v) is 1.57. The van der Waals surface area contributed by atoms with Crippen LogP contribution < -0.4 is 4.74 Å². The molecular weight excluding hydrogens is 265 g/mol. The van der Waals surface area contributed by atoms with Crippen molar-refractivity contribution < 1.29 is 4.74 Å². The van der Waals surface area contributed by atoms with E-state index in [9.17, 15) is 0 Å². The number of allylic oxidation sites excluding steroid dienone is 1. The van der Waals surface area contributed by atoms with E-state index in [1.54, 1.807) is 13.3 Å². The third-order valence-electron chi connectivity index (χ3n) is 1.50. The molecular formula is C9H10INO. The van der Waals surface area contributed by atoms with Gasteiger partial charge in [0.05, 0.1) is 7.11 Å². The molecule has 0 atom stereocenters. The van der Waals surface area contributed by atoms with Crippen LogP contribution in [-0.4, -0.2) is 12.1 Å². The van der Waals surface area contributed by atoms with Crippen LogP contribution in [0, 0.1) is 3.57 Å². The number of rotatable bonds is 3. The van der Waals surface area contributed by atoms with Crippen molar-refractivity contribution in [3.63, 3.8) is 0 Å². The van der Waals surface area contributed by atoms with E-state index in [1.165, 1.54) is 3.57 Å². The van der Waals surface area contributed by atoms with Crippen molar-refractivity contribution in [2.24, 2.45) is 0 Å². The van der Waals surface area contributed by atoms with Crippen LogP contribution in [0.3, 0.4) is 0 Å². The molecule has 0 saturated carbocycles. The van der Waals surface area contributed by atoms with Crippen LogP contribution in [0.1, 0.15) is 5.56 Å². The number of ether oxygens (including phenoxy) is 1. The Morgan fingerprint density at radius 3 is 3.08 bits per heavy atom. The molecule has 1 heterocycles. The Hall–Kier alpha value is -0.580. The molecule has 0 aliphatic carbocycles. The lowest BCUT2D eigenvalue weighted by molar-refractivity contribution is 0.393. The van der Waals surface area contributed by atoms with E-state index in [0.717, 1.165) is 12.0 Å². The minimum atomic E-state index is 0.696. The summed E-state index contributed by atoms with van der Waals surface area (Å²) in [5.74, 6) is 0.696. The molecule has 0 aromatic carbocycles. The highest BCUT2D eigenvalue weighted by molar-refractivity contribution is 14.1. The van der Waals surface area contributed by atoms with Gasteiger partial charge in [0.15, 0.2) is 0 Å². The number of methoxy groups -OCH3 is 1. The standard InChI is InChI=1S/C9H10INO/c1-3-4-7-8(10)5-6-11-9(7)12-2/h3,5-6H,1,4H2,2H3. The lowest BCUT2D eigenvalue weighted by Gasteiger charge is -2.06. The Morgan fingerprint density at radius 1 is 1.75 bits per heavy atom. The van der Waals surface area contributed by atoms with Crippen LogP contribution in [0.15, 0.2) is 24.9 Å². The molecule has 1 aromatic rings. The van der Waals surface area contributed by atoms with Gasteiger partial charge in [-0.2, -0.15) is 0 Å². The van der Waals surface area contributed by atoms with Crippen LogP contribution in [-0.2, 0) is 6.42 Å². The van der Waals surface area contributed by atoms with E-state index in [0.29, 0.717) is 5.88 Å². The Labute approximate surface area is 85.8 Å². The molecule has 0 bridgehead atoms. The second-order valence-electron chi connectivity index (χ2n) is 2.27. The Kier molecular flexibility index (Phi) is 3.52. The summed E-state index contributed by atoms with van der Waals surface area (Å²) in [6, 6.07) is 1.96. The first-order chi connectivity index (χ1) is 5.79. The number of hydrogen-bond donors (Lipinski definition) is 0. The Bertz CT molecular complexity index is 286. The second-order valence-corrected chi connectivity index (χ2v) is 3.44. The number of nitrogens with zero attached hydrogens (tertiary/aromatic N) is 1. The zero-order valence-electron chi connectivity index (χ0n) is 6.88. The van der Waals surface area contributed by atoms with Gasteiger partial charge in [-0.1, -0.05) is 6.08 Å². The molecule has 1 aromatic heterocycles. The normalized spacial score (nSPS) is 9.50. The predicted octanol–water partition coefficient (Wildman–Crippen LogP) is 2.42. The smallest absolute Gasteiger partial charge is 0.217 e. The average Bonchev–Trinajstić information content (AvgIpc) is 2.09. The van der Waals surface area contributed by atoms with Gasteiger partial charge >= 0.3 is 0 Å². The summed E-state index contributed by atoms with van der Waals surface area (Å²) in [7, 11) is 1.63. The highest BCUT2D eigenvalue weighted by Crippen LogP contribution is 2.21. The highest BCUT2D eigenvalue weighted by Gasteiger charge is 2.05. The van der Waals surface area contributed by atoms with Crippen LogP contribution in [0.4, 0.5) is 0 Å². The van der Waals surface area contributed by atoms with E-state index in [4.69, 9.17) is 4.74 Å². The van der Waals surface area contributed by atoms with Crippen molar-refractivity contribution in [2.75, 3.05) is 7.11 Å². The minimum absolute atomic E-state index is 0.696. The maximum atomic E-state index is 5.12. The van der Waals surface area contributed by atoms with Crippen molar-refractivity contribution in [1.29, 1.82) is 0 Å². The first-order valence-electron chi connectivity index (χ1n) is 3.58. The quantitative estimate of drug-likeness (QED) is 0.624. The van der Waals surface area contributed by atoms with Crippen LogP contribution in [0.2, 0.25) is 0 Å². The van der Waals surface area contributed by atoms with Gasteiger partial charge in [-0.15, -0.1) is 6.58 Å². The SMILES string of the molecule is C=CCc1c(I)ccnc1OC. The molecule has 0 radical (unpaired) electrons. The molecule has 0 aliphatic heterocycles. The zero-order chi connectivity index (χ0) is 8.97. The number of halogens is 1. The van der Waals surface area contributed by atoms with Gasteiger partial charge in [0.25, 0.3) is 0 Å². The third-order valence-corrected chi connectivity index (χ3v) is 2.51. The van der Waals surface area contributed by atoms with Crippen molar-refractivity contribution in [1.82, 2.24) is 4.98 Å². The summed E-state index contributed by atoms with van der Waals surface area (Å²) >= 11 is 2.26. The lowest BCUT2D eigenvalue weighted by atomic mass is 10.2. The molecule has 64 valence electrons. The summed E-state index contributed by atoms with van der Waals surface area (Å²) in [4.78, 5) is 4.10. The first kappa shape index (κ1) is 9.51. The fraction of sp³-hybridized carbons (Fsp3) is 0.222. The topological polar surface area (TPSA) is 22.1 Å². The molecule has 3 heteroatoms. The molecule has 0 spiro atoms. The molecule has 12 heavy (non-hydrogen) atoms. The molecule has 0 aliphatic rings. The summed E-state index contributed by atoms with van der Waals surface area (Å²) in [6.07, 6.45) is 4.39. The van der Waals surface area contributed by atoms with Crippen LogP contribution >= 0.6 is 22.6 Å². The third kappa shape index (κ3) is 1.97. The van der Waals surface area contributed by atoms with Gasteiger partial charge in [0.1, 0.15) is 0 Å². The molecule has 2 nitrogen and oxygen atoms in total. The van der Waals surface area contributed by atoms with E-state index < -0.39 is 0 Å². The number of pyridine rings is 1. The second kappa shape index (κ2) is 4.45. The van der Waals surface area contributed by atoms with Gasteiger partial charge in [-0.3, -0.25) is 0 Å². The maximum absolute atomic E-state index is 5.12. The summed E-state index contributed by atoms with van der Waals surface area (Å²) < 4.78 is 6.28. The average molecular weight is 275 g/mol. The minimum Gasteiger partial charge on any atom is -0.481 e. The number of hydrogen-bond acceptors (Lipinski definition) is 2. The van der Waals surface area contributed by atoms with Gasteiger partial charge in [-0.05, 0) is 35.1 Å². The molecule has 0 saturated heterocycles. The van der Waals surface area contributed by atoms with E-state index in [1.807, 2.05) is 12.1 Å². The molecule has 0 N–H and O–H groups in total. The van der Waals surface area contributed by atoms with Crippen LogP contribution in [0.5, 0.6) is 5.88 Å². The molecule has 0 fully saturated rings. The van der Waals surface area contributed by atoms with Crippen molar-refractivity contribution in [2.45, 2.75) is 6.42 Å². The predicted molar refractivity (Wildman–Crippen MR) is 57.4 cm³/mol. The van der Waals surface area contributed by atoms with Crippen molar-refractivity contribution in [3.05, 3.63) is 34.1 Å². The van der Waals surface area contributed by atoms with Crippen molar-refractivity contribution in [3.8, 4) is 5.88 Å². The molecule has 0 unspecified atom stereocenters. The van der Waals surface area contributed by atoms with E-state index in [2.05, 4.69) is 34.2 Å². The number of aromatic nitrogens is 1. The summed E-state index contributed by atoms with van der Waals surface area (Å²) in [5, 5.41) is 0. The monoisotopic (exact) mass is 275 g/mol. The zero-order valence-corrected chi connectivity index (χ0v) is 9.04. The van der Waals surface area contributed by atoms with Gasteiger partial charge < -0.3 is 4.74 Å². The van der Waals surface area contributed by atoms with Gasteiger partial charge in [0.2, 0.25) is 5.88 Å². The van der Waals surface area contributed by atoms with E-state index in [-0.39, 0.29) is 0 Å². The summed E-state index contributed by atoms with van der Waals surface area (Å²) in [6.45, 7) is 3.69. The van der Waals surface area contributed by atoms with Crippen LogP contribution in [0.25, 0.3) is 0 Å². The maximum Gasteiger partial charge on any atom is 0.217 e. The first-order valence-corrected chi connectivity index (χ1v) is 4.65. The van der Waals surface area contributed by atoms with Crippen molar-refractivity contribution >= 4 is 22.6 Å².